The molecule has 2 fully saturated rings. The van der Waals surface area contributed by atoms with E-state index in [0.717, 1.165) is 31.4 Å². The molecule has 136 valence electrons. The van der Waals surface area contributed by atoms with E-state index in [9.17, 15) is 4.79 Å². The summed E-state index contributed by atoms with van der Waals surface area (Å²) in [5.41, 5.74) is 0.853. The Morgan fingerprint density at radius 2 is 1.80 bits per heavy atom. The Hall–Kier alpha value is -2.05. The van der Waals surface area contributed by atoms with E-state index >= 15 is 0 Å². The average Bonchev–Trinajstić information content (AvgIpc) is 3.20. The zero-order valence-corrected chi connectivity index (χ0v) is 14.8. The lowest BCUT2D eigenvalue weighted by Gasteiger charge is -2.37. The molecule has 0 aromatic heterocycles. The highest BCUT2D eigenvalue weighted by Gasteiger charge is 2.35. The lowest BCUT2D eigenvalue weighted by Crippen LogP contribution is -2.49. The van der Waals surface area contributed by atoms with Gasteiger partial charge in [-0.3, -0.25) is 4.79 Å². The van der Waals surface area contributed by atoms with Gasteiger partial charge in [0.15, 0.2) is 6.29 Å². The molecule has 1 aromatic carbocycles. The molecular weight excluding hydrogens is 322 g/mol. The topological polar surface area (TPSA) is 57.2 Å². The number of nitrogens with zero attached hydrogens (tertiary/aromatic N) is 1. The maximum atomic E-state index is 12.7. The van der Waals surface area contributed by atoms with Crippen LogP contribution in [-0.2, 0) is 14.3 Å². The summed E-state index contributed by atoms with van der Waals surface area (Å²) in [5, 5.41) is 0. The van der Waals surface area contributed by atoms with E-state index < -0.39 is 0 Å². The predicted molar refractivity (Wildman–Crippen MR) is 93.6 cm³/mol. The van der Waals surface area contributed by atoms with E-state index in [1.54, 1.807) is 32.4 Å². The van der Waals surface area contributed by atoms with Crippen LogP contribution in [0.5, 0.6) is 11.5 Å². The van der Waals surface area contributed by atoms with Crippen LogP contribution in [0.4, 0.5) is 0 Å². The summed E-state index contributed by atoms with van der Waals surface area (Å²) in [6, 6.07) is 5.52. The summed E-state index contributed by atoms with van der Waals surface area (Å²) in [7, 11) is 3.21. The van der Waals surface area contributed by atoms with Crippen molar-refractivity contribution in [1.82, 2.24) is 4.90 Å². The number of likely N-dealkylation sites (tertiary alicyclic amines) is 1. The summed E-state index contributed by atoms with van der Waals surface area (Å²) >= 11 is 0. The average molecular weight is 347 g/mol. The van der Waals surface area contributed by atoms with Crippen molar-refractivity contribution < 1.29 is 23.7 Å². The number of piperidine rings is 1. The summed E-state index contributed by atoms with van der Waals surface area (Å²) < 4.78 is 21.8. The van der Waals surface area contributed by atoms with Crippen LogP contribution in [0.2, 0.25) is 0 Å². The molecule has 25 heavy (non-hydrogen) atoms. The molecule has 2 saturated heterocycles. The van der Waals surface area contributed by atoms with Crippen molar-refractivity contribution in [2.24, 2.45) is 0 Å². The maximum absolute atomic E-state index is 12.7. The highest BCUT2D eigenvalue weighted by Crippen LogP contribution is 2.26. The predicted octanol–water partition coefficient (Wildman–Crippen LogP) is 2.47. The van der Waals surface area contributed by atoms with Gasteiger partial charge in [0.25, 0.3) is 0 Å². The molecule has 0 N–H and O–H groups in total. The zero-order chi connectivity index (χ0) is 17.6. The van der Waals surface area contributed by atoms with Gasteiger partial charge in [0, 0.05) is 18.7 Å². The monoisotopic (exact) mass is 347 g/mol. The number of hydrogen-bond acceptors (Lipinski definition) is 5. The fourth-order valence-corrected chi connectivity index (χ4v) is 3.30. The Labute approximate surface area is 148 Å². The van der Waals surface area contributed by atoms with Gasteiger partial charge in [-0.05, 0) is 43.0 Å². The van der Waals surface area contributed by atoms with E-state index in [4.69, 9.17) is 18.9 Å². The molecule has 2 heterocycles. The molecule has 6 heteroatoms. The van der Waals surface area contributed by atoms with Crippen LogP contribution in [0.1, 0.15) is 24.8 Å². The van der Waals surface area contributed by atoms with Gasteiger partial charge in [-0.2, -0.15) is 0 Å². The van der Waals surface area contributed by atoms with Crippen LogP contribution >= 0.6 is 0 Å². The van der Waals surface area contributed by atoms with Crippen molar-refractivity contribution in [3.8, 4) is 11.5 Å². The van der Waals surface area contributed by atoms with Gasteiger partial charge in [0.05, 0.1) is 33.5 Å². The smallest absolute Gasteiger partial charge is 0.246 e. The summed E-state index contributed by atoms with van der Waals surface area (Å²) in [6.45, 7) is 1.93. The molecule has 3 rings (SSSR count). The normalized spacial score (nSPS) is 21.7. The Bertz CT molecular complexity index is 602. The summed E-state index contributed by atoms with van der Waals surface area (Å²) in [4.78, 5) is 14.6. The van der Waals surface area contributed by atoms with E-state index in [1.165, 1.54) is 0 Å². The molecule has 0 radical (unpaired) electrons. The van der Waals surface area contributed by atoms with Crippen LogP contribution in [0.15, 0.2) is 24.3 Å². The Kier molecular flexibility index (Phi) is 5.94. The standard InChI is InChI=1S/C19H25NO5/c1-22-15-11-14(12-16(13-15)23-2)6-7-18(21)20-8-4-3-5-17(20)19-24-9-10-25-19/h6-7,11-13,17,19H,3-5,8-10H2,1-2H3/b7-6+/t17-/m0/s1. The number of rotatable bonds is 5. The highest BCUT2D eigenvalue weighted by atomic mass is 16.7. The van der Waals surface area contributed by atoms with E-state index in [2.05, 4.69) is 0 Å². The van der Waals surface area contributed by atoms with Crippen molar-refractivity contribution in [3.05, 3.63) is 29.8 Å². The van der Waals surface area contributed by atoms with Gasteiger partial charge in [-0.25, -0.2) is 0 Å². The van der Waals surface area contributed by atoms with Gasteiger partial charge < -0.3 is 23.8 Å². The Balaban J connectivity index is 1.72. The number of benzene rings is 1. The lowest BCUT2D eigenvalue weighted by atomic mass is 10.0. The van der Waals surface area contributed by atoms with E-state index in [1.807, 2.05) is 17.0 Å². The second-order valence-corrected chi connectivity index (χ2v) is 6.18. The summed E-state index contributed by atoms with van der Waals surface area (Å²) in [6.07, 6.45) is 6.10. The van der Waals surface area contributed by atoms with Crippen molar-refractivity contribution in [2.45, 2.75) is 31.6 Å². The van der Waals surface area contributed by atoms with E-state index in [-0.39, 0.29) is 18.2 Å². The van der Waals surface area contributed by atoms with Gasteiger partial charge in [-0.1, -0.05) is 0 Å². The number of carbonyl (C=O) groups is 1. The van der Waals surface area contributed by atoms with Crippen LogP contribution in [0.25, 0.3) is 6.08 Å². The van der Waals surface area contributed by atoms with Crippen molar-refractivity contribution in [2.75, 3.05) is 34.0 Å². The first-order valence-electron chi connectivity index (χ1n) is 8.66. The number of carbonyl (C=O) groups excluding carboxylic acids is 1. The van der Waals surface area contributed by atoms with Gasteiger partial charge >= 0.3 is 0 Å². The molecule has 6 nitrogen and oxygen atoms in total. The minimum absolute atomic E-state index is 0.00625. The first kappa shape index (κ1) is 17.8. The third kappa shape index (κ3) is 4.32. The number of ether oxygens (including phenoxy) is 4. The third-order valence-electron chi connectivity index (χ3n) is 4.59. The second-order valence-electron chi connectivity index (χ2n) is 6.18. The molecular formula is C19H25NO5. The zero-order valence-electron chi connectivity index (χ0n) is 14.8. The Morgan fingerprint density at radius 3 is 2.44 bits per heavy atom. The molecule has 1 aromatic rings. The van der Waals surface area contributed by atoms with Crippen LogP contribution in [-0.4, -0.2) is 57.1 Å². The number of hydrogen-bond donors (Lipinski definition) is 0. The molecule has 1 amide bonds. The largest absolute Gasteiger partial charge is 0.497 e. The maximum Gasteiger partial charge on any atom is 0.246 e. The number of methoxy groups -OCH3 is 2. The molecule has 0 unspecified atom stereocenters. The first-order valence-corrected chi connectivity index (χ1v) is 8.66. The minimum atomic E-state index is -0.297. The molecule has 2 aliphatic rings. The van der Waals surface area contributed by atoms with Crippen molar-refractivity contribution in [1.29, 1.82) is 0 Å². The summed E-state index contributed by atoms with van der Waals surface area (Å²) in [5.74, 6) is 1.36. The van der Waals surface area contributed by atoms with Crippen LogP contribution in [0, 0.1) is 0 Å². The fraction of sp³-hybridized carbons (Fsp3) is 0.526. The molecule has 2 aliphatic heterocycles. The SMILES string of the molecule is COc1cc(/C=C/C(=O)N2CCCC[C@H]2C2OCCO2)cc(OC)c1. The Morgan fingerprint density at radius 1 is 1.12 bits per heavy atom. The van der Waals surface area contributed by atoms with E-state index in [0.29, 0.717) is 24.7 Å². The molecule has 0 bridgehead atoms. The third-order valence-corrected chi connectivity index (χ3v) is 4.59. The molecule has 0 saturated carbocycles. The lowest BCUT2D eigenvalue weighted by molar-refractivity contribution is -0.145. The first-order chi connectivity index (χ1) is 12.2. The highest BCUT2D eigenvalue weighted by molar-refractivity contribution is 5.92. The van der Waals surface area contributed by atoms with Gasteiger partial charge in [0.1, 0.15) is 11.5 Å². The van der Waals surface area contributed by atoms with Gasteiger partial charge in [-0.15, -0.1) is 0 Å². The second kappa shape index (κ2) is 8.36. The quantitative estimate of drug-likeness (QED) is 0.766. The van der Waals surface area contributed by atoms with Crippen LogP contribution in [0.3, 0.4) is 0 Å². The van der Waals surface area contributed by atoms with Gasteiger partial charge in [0.2, 0.25) is 5.91 Å². The van der Waals surface area contributed by atoms with Crippen molar-refractivity contribution >= 4 is 12.0 Å². The molecule has 1 atom stereocenters. The molecule has 0 aliphatic carbocycles. The minimum Gasteiger partial charge on any atom is -0.497 e. The number of amides is 1. The molecule has 0 spiro atoms. The van der Waals surface area contributed by atoms with Crippen LogP contribution < -0.4 is 9.47 Å². The van der Waals surface area contributed by atoms with Crippen molar-refractivity contribution in [3.63, 3.8) is 0 Å². The fourth-order valence-electron chi connectivity index (χ4n) is 3.30.